The molecule has 1 aromatic carbocycles. The quantitative estimate of drug-likeness (QED) is 0.783. The van der Waals surface area contributed by atoms with Gasteiger partial charge in [0, 0.05) is 17.5 Å². The van der Waals surface area contributed by atoms with Gasteiger partial charge in [0.1, 0.15) is 0 Å². The maximum atomic E-state index is 12.4. The number of hydrogen-bond acceptors (Lipinski definition) is 4. The molecule has 4 nitrogen and oxygen atoms in total. The third kappa shape index (κ3) is 4.53. The van der Waals surface area contributed by atoms with Crippen molar-refractivity contribution in [1.29, 1.82) is 0 Å². The number of rotatable bonds is 3. The van der Waals surface area contributed by atoms with E-state index >= 15 is 0 Å². The third-order valence-electron chi connectivity index (χ3n) is 3.86. The molecule has 1 aromatic heterocycles. The minimum absolute atomic E-state index is 0. The van der Waals surface area contributed by atoms with E-state index in [9.17, 15) is 4.79 Å². The lowest BCUT2D eigenvalue weighted by Gasteiger charge is -2.26. The number of amides is 1. The highest BCUT2D eigenvalue weighted by atomic mass is 79.9. The third-order valence-corrected chi connectivity index (χ3v) is 5.48. The van der Waals surface area contributed by atoms with Crippen LogP contribution in [0.1, 0.15) is 19.8 Å². The number of benzene rings is 1. The van der Waals surface area contributed by atoms with E-state index in [0.29, 0.717) is 11.2 Å². The van der Waals surface area contributed by atoms with Gasteiger partial charge in [0.25, 0.3) is 0 Å². The van der Waals surface area contributed by atoms with Crippen LogP contribution in [0.2, 0.25) is 0 Å². The predicted molar refractivity (Wildman–Crippen MR) is 101 cm³/mol. The Morgan fingerprint density at radius 3 is 2.83 bits per heavy atom. The monoisotopic (exact) mass is 415 g/mol. The molecule has 124 valence electrons. The number of nitrogens with zero attached hydrogens (tertiary/aromatic N) is 1. The van der Waals surface area contributed by atoms with Gasteiger partial charge >= 0.3 is 0 Å². The van der Waals surface area contributed by atoms with Crippen LogP contribution < -0.4 is 10.6 Å². The molecule has 0 aliphatic carbocycles. The number of piperidine rings is 1. The van der Waals surface area contributed by atoms with Crippen LogP contribution in [-0.2, 0) is 4.79 Å². The summed E-state index contributed by atoms with van der Waals surface area (Å²) in [7, 11) is 0. The van der Waals surface area contributed by atoms with Crippen LogP contribution in [0.5, 0.6) is 0 Å². The van der Waals surface area contributed by atoms with Crippen LogP contribution in [0.4, 0.5) is 5.13 Å². The van der Waals surface area contributed by atoms with Crippen molar-refractivity contribution in [1.82, 2.24) is 10.3 Å². The molecule has 23 heavy (non-hydrogen) atoms. The number of carbonyl (C=O) groups excluding carboxylic acids is 1. The molecule has 1 aliphatic heterocycles. The Balaban J connectivity index is 0.00000192. The highest BCUT2D eigenvalue weighted by Gasteiger charge is 2.25. The molecule has 0 saturated carbocycles. The summed E-state index contributed by atoms with van der Waals surface area (Å²) in [5.41, 5.74) is 1.92. The Labute approximate surface area is 154 Å². The van der Waals surface area contributed by atoms with Gasteiger partial charge in [0.2, 0.25) is 5.91 Å². The van der Waals surface area contributed by atoms with Gasteiger partial charge in [-0.15, -0.1) is 12.4 Å². The predicted octanol–water partition coefficient (Wildman–Crippen LogP) is 4.32. The summed E-state index contributed by atoms with van der Waals surface area (Å²) in [5, 5.41) is 6.99. The summed E-state index contributed by atoms with van der Waals surface area (Å²) in [4.78, 5) is 16.9. The van der Waals surface area contributed by atoms with E-state index in [4.69, 9.17) is 0 Å². The van der Waals surface area contributed by atoms with Gasteiger partial charge in [-0.2, -0.15) is 0 Å². The maximum absolute atomic E-state index is 12.4. The molecule has 0 unspecified atom stereocenters. The Bertz CT molecular complexity index is 665. The van der Waals surface area contributed by atoms with E-state index in [1.54, 1.807) is 0 Å². The summed E-state index contributed by atoms with van der Waals surface area (Å²) < 4.78 is 0.938. The molecule has 0 radical (unpaired) electrons. The smallest absolute Gasteiger partial charge is 0.229 e. The molecule has 0 spiro atoms. The minimum atomic E-state index is 0. The Hall–Kier alpha value is -0.950. The molecule has 2 atom stereocenters. The maximum Gasteiger partial charge on any atom is 0.229 e. The number of halogens is 2. The van der Waals surface area contributed by atoms with E-state index < -0.39 is 0 Å². The standard InChI is InChI=1S/C16H18BrN3OS.ClH/c1-10-9-12(7-8-18-10)15(21)20-16-19-13(14(17)22-16)11-5-3-2-4-6-11;/h2-6,10,12,18H,7-9H2,1H3,(H,19,20,21);1H/t10-,12-;/m0./s1. The van der Waals surface area contributed by atoms with Crippen LogP contribution in [0, 0.1) is 5.92 Å². The van der Waals surface area contributed by atoms with Crippen LogP contribution >= 0.6 is 39.7 Å². The molecular formula is C16H19BrClN3OS. The van der Waals surface area contributed by atoms with Crippen molar-refractivity contribution in [3.05, 3.63) is 34.1 Å². The van der Waals surface area contributed by atoms with Crippen molar-refractivity contribution in [2.45, 2.75) is 25.8 Å². The van der Waals surface area contributed by atoms with E-state index in [0.717, 1.165) is 34.4 Å². The largest absolute Gasteiger partial charge is 0.314 e. The number of carbonyl (C=O) groups is 1. The Morgan fingerprint density at radius 2 is 2.13 bits per heavy atom. The van der Waals surface area contributed by atoms with Crippen LogP contribution in [0.15, 0.2) is 34.1 Å². The molecule has 1 amide bonds. The minimum Gasteiger partial charge on any atom is -0.314 e. The zero-order chi connectivity index (χ0) is 15.5. The van der Waals surface area contributed by atoms with Crippen molar-refractivity contribution in [3.63, 3.8) is 0 Å². The Kier molecular flexibility index (Phi) is 6.59. The van der Waals surface area contributed by atoms with Crippen LogP contribution in [0.3, 0.4) is 0 Å². The second-order valence-corrected chi connectivity index (χ2v) is 7.89. The van der Waals surface area contributed by atoms with Crippen molar-refractivity contribution >= 4 is 50.7 Å². The summed E-state index contributed by atoms with van der Waals surface area (Å²) in [6.07, 6.45) is 1.76. The molecule has 3 rings (SSSR count). The second kappa shape index (κ2) is 8.24. The van der Waals surface area contributed by atoms with Crippen molar-refractivity contribution in [2.24, 2.45) is 5.92 Å². The van der Waals surface area contributed by atoms with E-state index in [2.05, 4.69) is 38.5 Å². The first-order valence-corrected chi connectivity index (χ1v) is 9.00. The lowest BCUT2D eigenvalue weighted by Crippen LogP contribution is -2.40. The van der Waals surface area contributed by atoms with Gasteiger partial charge in [0.05, 0.1) is 9.48 Å². The lowest BCUT2D eigenvalue weighted by molar-refractivity contribution is -0.120. The highest BCUT2D eigenvalue weighted by Crippen LogP contribution is 2.35. The number of hydrogen-bond donors (Lipinski definition) is 2. The zero-order valence-electron chi connectivity index (χ0n) is 12.7. The first-order valence-electron chi connectivity index (χ1n) is 7.39. The van der Waals surface area contributed by atoms with Crippen molar-refractivity contribution in [2.75, 3.05) is 11.9 Å². The van der Waals surface area contributed by atoms with Gasteiger partial charge in [-0.3, -0.25) is 4.79 Å². The second-order valence-electron chi connectivity index (χ2n) is 5.57. The van der Waals surface area contributed by atoms with Crippen molar-refractivity contribution in [3.8, 4) is 11.3 Å². The highest BCUT2D eigenvalue weighted by molar-refractivity contribution is 9.11. The molecule has 7 heteroatoms. The number of thiazole rings is 1. The average molecular weight is 417 g/mol. The Morgan fingerprint density at radius 1 is 1.39 bits per heavy atom. The summed E-state index contributed by atoms with van der Waals surface area (Å²) in [6.45, 7) is 3.02. The molecule has 1 aliphatic rings. The van der Waals surface area contributed by atoms with Crippen molar-refractivity contribution < 1.29 is 4.79 Å². The topological polar surface area (TPSA) is 54.0 Å². The number of anilines is 1. The van der Waals surface area contributed by atoms with E-state index in [1.807, 2.05) is 30.3 Å². The fourth-order valence-electron chi connectivity index (χ4n) is 2.71. The summed E-state index contributed by atoms with van der Waals surface area (Å²) >= 11 is 5.00. The normalized spacial score (nSPS) is 20.6. The fourth-order valence-corrected chi connectivity index (χ4v) is 4.20. The summed E-state index contributed by atoms with van der Waals surface area (Å²) in [5.74, 6) is 0.147. The van der Waals surface area contributed by atoms with Gasteiger partial charge < -0.3 is 10.6 Å². The van der Waals surface area contributed by atoms with Gasteiger partial charge in [-0.1, -0.05) is 41.7 Å². The average Bonchev–Trinajstić information content (AvgIpc) is 2.88. The molecule has 1 saturated heterocycles. The molecular weight excluding hydrogens is 398 g/mol. The lowest BCUT2D eigenvalue weighted by atomic mass is 9.92. The zero-order valence-corrected chi connectivity index (χ0v) is 15.9. The van der Waals surface area contributed by atoms with Gasteiger partial charge in [-0.05, 0) is 42.2 Å². The number of aromatic nitrogens is 1. The van der Waals surface area contributed by atoms with E-state index in [-0.39, 0.29) is 24.2 Å². The van der Waals surface area contributed by atoms with E-state index in [1.165, 1.54) is 11.3 Å². The van der Waals surface area contributed by atoms with Crippen LogP contribution in [-0.4, -0.2) is 23.5 Å². The van der Waals surface area contributed by atoms with Gasteiger partial charge in [0.15, 0.2) is 5.13 Å². The van der Waals surface area contributed by atoms with Gasteiger partial charge in [-0.25, -0.2) is 4.98 Å². The first kappa shape index (κ1) is 18.4. The SMILES string of the molecule is C[C@H]1C[C@@H](C(=O)Nc2nc(-c3ccccc3)c(Br)s2)CCN1.Cl. The first-order chi connectivity index (χ1) is 10.6. The fraction of sp³-hybridized carbons (Fsp3) is 0.375. The molecule has 0 bridgehead atoms. The van der Waals surface area contributed by atoms with Crippen LogP contribution in [0.25, 0.3) is 11.3 Å². The molecule has 2 heterocycles. The molecule has 2 aromatic rings. The molecule has 2 N–H and O–H groups in total. The molecule has 1 fully saturated rings. The summed E-state index contributed by atoms with van der Waals surface area (Å²) in [6, 6.07) is 10.4. The number of nitrogens with one attached hydrogen (secondary N) is 2.